The van der Waals surface area contributed by atoms with Gasteiger partial charge in [-0.05, 0) is 46.1 Å². The highest BCUT2D eigenvalue weighted by molar-refractivity contribution is 5.74. The Hall–Kier alpha value is -2.15. The Morgan fingerprint density at radius 2 is 1.64 bits per heavy atom. The number of nitrogens with one attached hydrogen (secondary N) is 1. The number of hydrogen-bond donors (Lipinski definition) is 1. The fraction of sp³-hybridized carbons (Fsp3) is 0.667. The van der Waals surface area contributed by atoms with Crippen molar-refractivity contribution in [3.8, 4) is 0 Å². The molecule has 2 saturated heterocycles. The van der Waals surface area contributed by atoms with E-state index in [9.17, 15) is 4.79 Å². The molecule has 2 fully saturated rings. The molecule has 0 aliphatic carbocycles. The summed E-state index contributed by atoms with van der Waals surface area (Å²) in [6.45, 7) is 7.34. The Balaban J connectivity index is 0.000000480. The van der Waals surface area contributed by atoms with E-state index >= 15 is 0 Å². The Labute approximate surface area is 169 Å². The molecule has 1 N–H and O–H groups in total. The van der Waals surface area contributed by atoms with Gasteiger partial charge >= 0.3 is 0 Å². The quantitative estimate of drug-likeness (QED) is 0.773. The number of rotatable bonds is 2. The van der Waals surface area contributed by atoms with Crippen LogP contribution in [0.2, 0.25) is 0 Å². The molecule has 0 unspecified atom stereocenters. The average Bonchev–Trinajstić information content (AvgIpc) is 3.35. The molecule has 0 bridgehead atoms. The highest BCUT2D eigenvalue weighted by atomic mass is 16.5. The lowest BCUT2D eigenvalue weighted by Crippen LogP contribution is -2.28. The van der Waals surface area contributed by atoms with E-state index in [-0.39, 0.29) is 34.2 Å². The van der Waals surface area contributed by atoms with Gasteiger partial charge in [-0.2, -0.15) is 0 Å². The van der Waals surface area contributed by atoms with Gasteiger partial charge in [-0.1, -0.05) is 32.6 Å². The first-order chi connectivity index (χ1) is 12.0. The highest BCUT2D eigenvalue weighted by Crippen LogP contribution is 2.31. The Bertz CT molecular complexity index is 704. The van der Waals surface area contributed by atoms with Crippen molar-refractivity contribution in [2.75, 3.05) is 13.1 Å². The summed E-state index contributed by atoms with van der Waals surface area (Å²) in [5.74, 6) is 1.82. The lowest BCUT2D eigenvalue weighted by molar-refractivity contribution is -0.129. The van der Waals surface area contributed by atoms with Crippen molar-refractivity contribution in [3.63, 3.8) is 0 Å². The van der Waals surface area contributed by atoms with Crippen LogP contribution in [0.5, 0.6) is 0 Å². The van der Waals surface area contributed by atoms with Crippen molar-refractivity contribution in [2.24, 2.45) is 0 Å². The van der Waals surface area contributed by atoms with Gasteiger partial charge in [0, 0.05) is 25.6 Å². The minimum absolute atomic E-state index is 0. The summed E-state index contributed by atoms with van der Waals surface area (Å²) in [7, 11) is 0. The molecule has 4 rings (SSSR count). The van der Waals surface area contributed by atoms with Gasteiger partial charge in [-0.15, -0.1) is 0 Å². The number of carbonyl (C=O) groups is 1. The molecular formula is C21H38N4O3. The van der Waals surface area contributed by atoms with E-state index in [1.165, 1.54) is 12.8 Å². The molecule has 0 spiro atoms. The van der Waals surface area contributed by atoms with Crippen LogP contribution in [0.4, 0.5) is 0 Å². The largest absolute Gasteiger partial charge is 0.361 e. The maximum absolute atomic E-state index is 11.3. The number of likely N-dealkylation sites (tertiary alicyclic amines) is 1. The third-order valence-electron chi connectivity index (χ3n) is 4.71. The predicted molar refractivity (Wildman–Crippen MR) is 112 cm³/mol. The van der Waals surface area contributed by atoms with Crippen LogP contribution in [0, 0.1) is 13.8 Å². The lowest BCUT2D eigenvalue weighted by atomic mass is 10.1. The molecule has 2 atom stereocenters. The predicted octanol–water partition coefficient (Wildman–Crippen LogP) is 4.98. The zero-order chi connectivity index (χ0) is 17.8. The molecule has 0 saturated carbocycles. The maximum Gasteiger partial charge on any atom is 0.220 e. The average molecular weight is 395 g/mol. The first-order valence-corrected chi connectivity index (χ1v) is 8.91. The summed E-state index contributed by atoms with van der Waals surface area (Å²) >= 11 is 0. The minimum atomic E-state index is 0. The Morgan fingerprint density at radius 1 is 1.04 bits per heavy atom. The van der Waals surface area contributed by atoms with Crippen molar-refractivity contribution in [3.05, 3.63) is 35.0 Å². The smallest absolute Gasteiger partial charge is 0.220 e. The van der Waals surface area contributed by atoms with E-state index in [4.69, 9.17) is 9.05 Å². The SMILES string of the molecule is C.C.C.CC(=O)N1CCC[C@H]1c1cc(C)on1.Cc1cc([C@@H]2CCCN2)no1. The molecule has 7 heteroatoms. The van der Waals surface area contributed by atoms with Crippen molar-refractivity contribution in [1.82, 2.24) is 20.5 Å². The number of nitrogens with zero attached hydrogens (tertiary/aromatic N) is 3. The van der Waals surface area contributed by atoms with E-state index in [2.05, 4.69) is 15.6 Å². The van der Waals surface area contributed by atoms with E-state index in [0.29, 0.717) is 6.04 Å². The monoisotopic (exact) mass is 394 g/mol. The summed E-state index contributed by atoms with van der Waals surface area (Å²) in [5, 5.41) is 11.3. The number of aryl methyl sites for hydroxylation is 2. The zero-order valence-corrected chi connectivity index (χ0v) is 15.1. The van der Waals surface area contributed by atoms with Gasteiger partial charge in [-0.25, -0.2) is 0 Å². The maximum atomic E-state index is 11.3. The lowest BCUT2D eigenvalue weighted by Gasteiger charge is -2.20. The van der Waals surface area contributed by atoms with Gasteiger partial charge in [0.2, 0.25) is 5.91 Å². The van der Waals surface area contributed by atoms with Gasteiger partial charge in [0.15, 0.2) is 0 Å². The molecule has 28 heavy (non-hydrogen) atoms. The fourth-order valence-electron chi connectivity index (χ4n) is 3.48. The van der Waals surface area contributed by atoms with Crippen LogP contribution >= 0.6 is 0 Å². The van der Waals surface area contributed by atoms with E-state index in [1.54, 1.807) is 6.92 Å². The second kappa shape index (κ2) is 11.6. The van der Waals surface area contributed by atoms with E-state index < -0.39 is 0 Å². The normalized spacial score (nSPS) is 20.3. The highest BCUT2D eigenvalue weighted by Gasteiger charge is 2.29. The fourth-order valence-corrected chi connectivity index (χ4v) is 3.48. The summed E-state index contributed by atoms with van der Waals surface area (Å²) in [5.41, 5.74) is 1.94. The van der Waals surface area contributed by atoms with Gasteiger partial charge in [0.1, 0.15) is 22.9 Å². The van der Waals surface area contributed by atoms with Crippen LogP contribution in [0.3, 0.4) is 0 Å². The summed E-state index contributed by atoms with van der Waals surface area (Å²) in [6.07, 6.45) is 4.48. The number of aromatic nitrogens is 2. The Kier molecular flexibility index (Phi) is 10.7. The first-order valence-electron chi connectivity index (χ1n) is 8.91. The molecule has 2 aliphatic rings. The number of hydrogen-bond acceptors (Lipinski definition) is 6. The zero-order valence-electron chi connectivity index (χ0n) is 15.1. The third-order valence-corrected chi connectivity index (χ3v) is 4.71. The second-order valence-electron chi connectivity index (χ2n) is 6.74. The topological polar surface area (TPSA) is 84.4 Å². The third kappa shape index (κ3) is 6.19. The molecule has 1 amide bonds. The van der Waals surface area contributed by atoms with Crippen LogP contribution in [0.25, 0.3) is 0 Å². The first kappa shape index (κ1) is 25.9. The number of carbonyl (C=O) groups excluding carboxylic acids is 1. The van der Waals surface area contributed by atoms with Gasteiger partial charge in [-0.3, -0.25) is 4.79 Å². The molecule has 0 radical (unpaired) electrons. The van der Waals surface area contributed by atoms with Crippen molar-refractivity contribution in [1.29, 1.82) is 0 Å². The molecule has 2 aliphatic heterocycles. The van der Waals surface area contributed by atoms with Crippen LogP contribution in [0.15, 0.2) is 21.2 Å². The summed E-state index contributed by atoms with van der Waals surface area (Å²) in [4.78, 5) is 13.2. The number of amides is 1. The Morgan fingerprint density at radius 3 is 2.11 bits per heavy atom. The summed E-state index contributed by atoms with van der Waals surface area (Å²) in [6, 6.07) is 4.48. The molecule has 2 aromatic rings. The van der Waals surface area contributed by atoms with Crippen LogP contribution in [-0.2, 0) is 4.79 Å². The van der Waals surface area contributed by atoms with Crippen molar-refractivity contribution in [2.45, 2.75) is 80.8 Å². The van der Waals surface area contributed by atoms with E-state index in [0.717, 1.165) is 48.8 Å². The van der Waals surface area contributed by atoms with Crippen LogP contribution < -0.4 is 5.32 Å². The molecular weight excluding hydrogens is 356 g/mol. The van der Waals surface area contributed by atoms with Gasteiger partial charge < -0.3 is 19.3 Å². The standard InChI is InChI=1S/C10H14N2O2.C8H12N2O.3CH4/c1-7-6-9(11-14-7)10-4-3-5-12(10)8(2)13;1-6-5-8(10-11-6)7-3-2-4-9-7;;;/h6,10H,3-5H2,1-2H3;5,7,9H,2-4H2,1H3;3*1H4/t10-;7-;;;/m00.../s1. The molecule has 0 aromatic carbocycles. The minimum Gasteiger partial charge on any atom is -0.361 e. The second-order valence-corrected chi connectivity index (χ2v) is 6.74. The summed E-state index contributed by atoms with van der Waals surface area (Å²) < 4.78 is 10.0. The van der Waals surface area contributed by atoms with Crippen molar-refractivity contribution >= 4 is 5.91 Å². The van der Waals surface area contributed by atoms with Crippen LogP contribution in [-0.4, -0.2) is 34.2 Å². The molecule has 160 valence electrons. The van der Waals surface area contributed by atoms with E-state index in [1.807, 2.05) is 30.9 Å². The van der Waals surface area contributed by atoms with Gasteiger partial charge in [0.05, 0.1) is 12.1 Å². The molecule has 4 heterocycles. The van der Waals surface area contributed by atoms with Crippen LogP contribution in [0.1, 0.15) is 89.9 Å². The van der Waals surface area contributed by atoms with Crippen molar-refractivity contribution < 1.29 is 13.8 Å². The molecule has 2 aromatic heterocycles. The molecule has 7 nitrogen and oxygen atoms in total. The van der Waals surface area contributed by atoms with Gasteiger partial charge in [0.25, 0.3) is 0 Å².